The van der Waals surface area contributed by atoms with Crippen molar-refractivity contribution in [2.75, 3.05) is 26.7 Å². The van der Waals surface area contributed by atoms with Gasteiger partial charge in [0.2, 0.25) is 10.0 Å². The summed E-state index contributed by atoms with van der Waals surface area (Å²) in [5, 5.41) is 0. The summed E-state index contributed by atoms with van der Waals surface area (Å²) in [7, 11) is -1.63. The van der Waals surface area contributed by atoms with E-state index in [1.54, 1.807) is 13.8 Å². The van der Waals surface area contributed by atoms with Crippen molar-refractivity contribution in [2.24, 2.45) is 5.73 Å². The number of hydrogen-bond acceptors (Lipinski definition) is 5. The van der Waals surface area contributed by atoms with Crippen molar-refractivity contribution >= 4 is 10.0 Å². The molecule has 0 aliphatic rings. The molecule has 0 fully saturated rings. The van der Waals surface area contributed by atoms with Gasteiger partial charge in [-0.2, -0.15) is 0 Å². The van der Waals surface area contributed by atoms with Gasteiger partial charge in [0, 0.05) is 25.2 Å². The van der Waals surface area contributed by atoms with Gasteiger partial charge in [0.15, 0.2) is 0 Å². The van der Waals surface area contributed by atoms with Gasteiger partial charge in [0.05, 0.1) is 0 Å². The molecule has 0 amide bonds. The van der Waals surface area contributed by atoms with Crippen LogP contribution >= 0.6 is 0 Å². The van der Waals surface area contributed by atoms with Crippen molar-refractivity contribution in [1.29, 1.82) is 0 Å². The Bertz CT molecular complexity index is 523. The lowest BCUT2D eigenvalue weighted by atomic mass is 10.2. The minimum atomic E-state index is -3.57. The molecule has 0 aliphatic carbocycles. The van der Waals surface area contributed by atoms with Crippen LogP contribution in [0.5, 0.6) is 0 Å². The zero-order valence-corrected chi connectivity index (χ0v) is 12.8. The molecule has 6 nitrogen and oxygen atoms in total. The van der Waals surface area contributed by atoms with Gasteiger partial charge < -0.3 is 15.1 Å². The van der Waals surface area contributed by atoms with E-state index in [1.165, 1.54) is 0 Å². The van der Waals surface area contributed by atoms with Gasteiger partial charge in [-0.1, -0.05) is 6.92 Å². The molecule has 0 aliphatic heterocycles. The molecular formula is C12H23N3O3S. The van der Waals surface area contributed by atoms with Crippen molar-refractivity contribution in [3.8, 4) is 0 Å². The monoisotopic (exact) mass is 289 g/mol. The fraction of sp³-hybridized carbons (Fsp3) is 0.667. The van der Waals surface area contributed by atoms with Crippen molar-refractivity contribution < 1.29 is 12.8 Å². The average molecular weight is 289 g/mol. The highest BCUT2D eigenvalue weighted by Gasteiger charge is 2.25. The van der Waals surface area contributed by atoms with Crippen LogP contribution in [0.3, 0.4) is 0 Å². The maximum absolute atomic E-state index is 12.3. The Labute approximate surface area is 115 Å². The summed E-state index contributed by atoms with van der Waals surface area (Å²) in [6.07, 6.45) is 0. The average Bonchev–Trinajstić information content (AvgIpc) is 2.63. The van der Waals surface area contributed by atoms with Gasteiger partial charge in [-0.25, -0.2) is 13.1 Å². The Kier molecular flexibility index (Phi) is 5.54. The molecule has 0 spiro atoms. The van der Waals surface area contributed by atoms with E-state index in [2.05, 4.69) is 4.72 Å². The summed E-state index contributed by atoms with van der Waals surface area (Å²) in [6, 6.07) is 0. The second kappa shape index (κ2) is 6.51. The lowest BCUT2D eigenvalue weighted by molar-refractivity contribution is 0.358. The Morgan fingerprint density at radius 2 is 1.95 bits per heavy atom. The fourth-order valence-corrected chi connectivity index (χ4v) is 3.37. The van der Waals surface area contributed by atoms with Crippen LogP contribution < -0.4 is 10.5 Å². The van der Waals surface area contributed by atoms with Crippen molar-refractivity contribution in [1.82, 2.24) is 9.62 Å². The fourth-order valence-electron chi connectivity index (χ4n) is 1.90. The largest absolute Gasteiger partial charge is 0.465 e. The first-order valence-electron chi connectivity index (χ1n) is 6.30. The first-order valence-corrected chi connectivity index (χ1v) is 7.79. The van der Waals surface area contributed by atoms with E-state index in [-0.39, 0.29) is 11.4 Å². The zero-order chi connectivity index (χ0) is 14.6. The Balaban J connectivity index is 2.89. The molecule has 0 saturated heterocycles. The van der Waals surface area contributed by atoms with Crippen LogP contribution in [0.1, 0.15) is 24.0 Å². The van der Waals surface area contributed by atoms with Gasteiger partial charge >= 0.3 is 0 Å². The predicted octanol–water partition coefficient (Wildman–Crippen LogP) is 0.585. The molecule has 3 N–H and O–H groups in total. The Morgan fingerprint density at radius 1 is 1.32 bits per heavy atom. The second-order valence-corrected chi connectivity index (χ2v) is 6.22. The minimum absolute atomic E-state index is 0.147. The molecule has 110 valence electrons. The van der Waals surface area contributed by atoms with E-state index in [4.69, 9.17) is 10.2 Å². The summed E-state index contributed by atoms with van der Waals surface area (Å²) in [4.78, 5) is 2.21. The van der Waals surface area contributed by atoms with Crippen molar-refractivity contribution in [3.05, 3.63) is 17.1 Å². The van der Waals surface area contributed by atoms with Crippen LogP contribution in [-0.4, -0.2) is 40.0 Å². The molecule has 0 radical (unpaired) electrons. The predicted molar refractivity (Wildman–Crippen MR) is 74.4 cm³/mol. The summed E-state index contributed by atoms with van der Waals surface area (Å²) in [6.45, 7) is 7.42. The number of rotatable bonds is 7. The van der Waals surface area contributed by atoms with Crippen LogP contribution in [-0.2, 0) is 16.6 Å². The molecule has 1 aromatic heterocycles. The van der Waals surface area contributed by atoms with Crippen LogP contribution in [0.15, 0.2) is 9.31 Å². The van der Waals surface area contributed by atoms with Crippen LogP contribution in [0, 0.1) is 13.8 Å². The molecule has 0 saturated carbocycles. The normalized spacial score (nSPS) is 12.3. The Hall–Kier alpha value is -0.890. The third kappa shape index (κ3) is 3.79. The van der Waals surface area contributed by atoms with Crippen LogP contribution in [0.2, 0.25) is 0 Å². The number of furan rings is 1. The number of hydrogen-bond donors (Lipinski definition) is 2. The van der Waals surface area contributed by atoms with E-state index < -0.39 is 10.0 Å². The molecule has 0 atom stereocenters. The van der Waals surface area contributed by atoms with Gasteiger partial charge in [-0.15, -0.1) is 0 Å². The van der Waals surface area contributed by atoms with E-state index in [0.717, 1.165) is 6.54 Å². The van der Waals surface area contributed by atoms with Crippen molar-refractivity contribution in [2.45, 2.75) is 32.2 Å². The number of nitrogens with two attached hydrogens (primary N) is 1. The Morgan fingerprint density at radius 3 is 2.47 bits per heavy atom. The maximum atomic E-state index is 12.3. The van der Waals surface area contributed by atoms with Gasteiger partial charge in [-0.05, 0) is 27.4 Å². The molecular weight excluding hydrogens is 266 g/mol. The van der Waals surface area contributed by atoms with Gasteiger partial charge in [-0.3, -0.25) is 0 Å². The third-order valence-corrected chi connectivity index (χ3v) is 4.78. The van der Waals surface area contributed by atoms with Gasteiger partial charge in [0.25, 0.3) is 0 Å². The molecule has 0 aromatic carbocycles. The SMILES string of the molecule is CCN(C)CCNS(=O)(=O)c1c(C)oc(C)c1CN. The van der Waals surface area contributed by atoms with E-state index >= 15 is 0 Å². The minimum Gasteiger partial charge on any atom is -0.465 e. The molecule has 1 aromatic rings. The maximum Gasteiger partial charge on any atom is 0.244 e. The van der Waals surface area contributed by atoms with Crippen LogP contribution in [0.4, 0.5) is 0 Å². The standard InChI is InChI=1S/C12H23N3O3S/c1-5-15(4)7-6-14-19(16,17)12-10(3)18-9(2)11(12)8-13/h14H,5-8,13H2,1-4H3. The van der Waals surface area contributed by atoms with E-state index in [1.807, 2.05) is 18.9 Å². The molecule has 1 heterocycles. The molecule has 0 bridgehead atoms. The number of aryl methyl sites for hydroxylation is 2. The third-order valence-electron chi connectivity index (χ3n) is 3.12. The van der Waals surface area contributed by atoms with E-state index in [0.29, 0.717) is 30.2 Å². The highest BCUT2D eigenvalue weighted by molar-refractivity contribution is 7.89. The second-order valence-electron chi connectivity index (χ2n) is 4.52. The quantitative estimate of drug-likeness (QED) is 0.767. The lowest BCUT2D eigenvalue weighted by Gasteiger charge is -2.14. The molecule has 0 unspecified atom stereocenters. The van der Waals surface area contributed by atoms with Gasteiger partial charge in [0.1, 0.15) is 16.4 Å². The highest BCUT2D eigenvalue weighted by Crippen LogP contribution is 2.25. The number of likely N-dealkylation sites (N-methyl/N-ethyl adjacent to an activating group) is 1. The first-order chi connectivity index (χ1) is 8.83. The molecule has 19 heavy (non-hydrogen) atoms. The van der Waals surface area contributed by atoms with Crippen molar-refractivity contribution in [3.63, 3.8) is 0 Å². The highest BCUT2D eigenvalue weighted by atomic mass is 32.2. The number of nitrogens with zero attached hydrogens (tertiary/aromatic N) is 1. The summed E-state index contributed by atoms with van der Waals surface area (Å²) < 4.78 is 32.5. The summed E-state index contributed by atoms with van der Waals surface area (Å²) in [5.74, 6) is 0.945. The molecule has 7 heteroatoms. The lowest BCUT2D eigenvalue weighted by Crippen LogP contribution is -2.33. The summed E-state index contributed by atoms with van der Waals surface area (Å²) in [5.41, 5.74) is 6.15. The number of nitrogens with one attached hydrogen (secondary N) is 1. The summed E-state index contributed by atoms with van der Waals surface area (Å²) >= 11 is 0. The zero-order valence-electron chi connectivity index (χ0n) is 12.0. The van der Waals surface area contributed by atoms with E-state index in [9.17, 15) is 8.42 Å². The number of sulfonamides is 1. The van der Waals surface area contributed by atoms with Crippen LogP contribution in [0.25, 0.3) is 0 Å². The first kappa shape index (κ1) is 16.2. The topological polar surface area (TPSA) is 88.6 Å². The molecule has 1 rings (SSSR count). The smallest absolute Gasteiger partial charge is 0.244 e.